The standard InChI is InChI=1S/C22H26N4O2S/c1-16-24-18-8-2-3-9-19(18)26(16)13-6-11-23-21(27)17-7-4-12-25(15-17)22(28)20-10-5-14-29-20/h2-3,5,8-10,14,17H,4,6-7,11-13,15H2,1H3,(H,23,27). The van der Waals surface area contributed by atoms with E-state index in [1.54, 1.807) is 0 Å². The van der Waals surface area contributed by atoms with Gasteiger partial charge in [-0.2, -0.15) is 0 Å². The Hall–Kier alpha value is -2.67. The monoisotopic (exact) mass is 410 g/mol. The van der Waals surface area contributed by atoms with Gasteiger partial charge in [-0.3, -0.25) is 9.59 Å². The van der Waals surface area contributed by atoms with Crippen LogP contribution in [0.5, 0.6) is 0 Å². The number of likely N-dealkylation sites (tertiary alicyclic amines) is 1. The van der Waals surface area contributed by atoms with Crippen LogP contribution >= 0.6 is 11.3 Å². The normalized spacial score (nSPS) is 16.9. The lowest BCUT2D eigenvalue weighted by molar-refractivity contribution is -0.126. The van der Waals surface area contributed by atoms with E-state index in [0.29, 0.717) is 13.1 Å². The van der Waals surface area contributed by atoms with Crippen molar-refractivity contribution in [2.45, 2.75) is 32.7 Å². The molecule has 1 aliphatic rings. The maximum absolute atomic E-state index is 12.6. The lowest BCUT2D eigenvalue weighted by Crippen LogP contribution is -2.45. The van der Waals surface area contributed by atoms with Gasteiger partial charge >= 0.3 is 0 Å². The van der Waals surface area contributed by atoms with Crippen molar-refractivity contribution < 1.29 is 9.59 Å². The first kappa shape index (κ1) is 19.6. The minimum atomic E-state index is -0.122. The molecule has 0 spiro atoms. The van der Waals surface area contributed by atoms with Gasteiger partial charge in [0.05, 0.1) is 21.8 Å². The number of aromatic nitrogens is 2. The number of aryl methyl sites for hydroxylation is 2. The number of nitrogens with zero attached hydrogens (tertiary/aromatic N) is 3. The lowest BCUT2D eigenvalue weighted by Gasteiger charge is -2.31. The molecule has 1 unspecified atom stereocenters. The average Bonchev–Trinajstić information content (AvgIpc) is 3.38. The second-order valence-corrected chi connectivity index (χ2v) is 8.46. The minimum Gasteiger partial charge on any atom is -0.356 e. The van der Waals surface area contributed by atoms with Gasteiger partial charge in [-0.05, 0) is 49.8 Å². The molecule has 1 aromatic carbocycles. The number of imidazole rings is 1. The molecule has 0 aliphatic carbocycles. The molecular formula is C22H26N4O2S. The van der Waals surface area contributed by atoms with Gasteiger partial charge in [0, 0.05) is 26.2 Å². The van der Waals surface area contributed by atoms with Gasteiger partial charge in [-0.1, -0.05) is 18.2 Å². The lowest BCUT2D eigenvalue weighted by atomic mass is 9.97. The number of piperidine rings is 1. The summed E-state index contributed by atoms with van der Waals surface area (Å²) in [4.78, 5) is 32.3. The van der Waals surface area contributed by atoms with Crippen molar-refractivity contribution in [2.24, 2.45) is 5.92 Å². The molecule has 1 atom stereocenters. The van der Waals surface area contributed by atoms with Crippen molar-refractivity contribution in [3.8, 4) is 0 Å². The molecule has 0 bridgehead atoms. The summed E-state index contributed by atoms with van der Waals surface area (Å²) in [6, 6.07) is 11.8. The summed E-state index contributed by atoms with van der Waals surface area (Å²) in [7, 11) is 0. The van der Waals surface area contributed by atoms with Gasteiger partial charge in [0.25, 0.3) is 5.91 Å². The predicted octanol–water partition coefficient (Wildman–Crippen LogP) is 3.46. The Morgan fingerprint density at radius 3 is 2.93 bits per heavy atom. The highest BCUT2D eigenvalue weighted by atomic mass is 32.1. The fourth-order valence-electron chi connectivity index (χ4n) is 4.00. The topological polar surface area (TPSA) is 67.2 Å². The molecule has 3 heterocycles. The Bertz CT molecular complexity index is 996. The molecule has 1 N–H and O–H groups in total. The van der Waals surface area contributed by atoms with Crippen molar-refractivity contribution >= 4 is 34.2 Å². The Morgan fingerprint density at radius 2 is 2.10 bits per heavy atom. The smallest absolute Gasteiger partial charge is 0.263 e. The van der Waals surface area contributed by atoms with Gasteiger partial charge in [0.15, 0.2) is 0 Å². The highest BCUT2D eigenvalue weighted by molar-refractivity contribution is 7.12. The van der Waals surface area contributed by atoms with Crippen molar-refractivity contribution in [2.75, 3.05) is 19.6 Å². The summed E-state index contributed by atoms with van der Waals surface area (Å²) in [5.41, 5.74) is 2.14. The van der Waals surface area contributed by atoms with E-state index in [0.717, 1.165) is 54.1 Å². The first-order chi connectivity index (χ1) is 14.1. The number of hydrogen-bond donors (Lipinski definition) is 1. The largest absolute Gasteiger partial charge is 0.356 e. The average molecular weight is 411 g/mol. The zero-order chi connectivity index (χ0) is 20.2. The maximum Gasteiger partial charge on any atom is 0.263 e. The third-order valence-electron chi connectivity index (χ3n) is 5.51. The zero-order valence-electron chi connectivity index (χ0n) is 16.6. The van der Waals surface area contributed by atoms with E-state index < -0.39 is 0 Å². The number of thiophene rings is 1. The van der Waals surface area contributed by atoms with Crippen LogP contribution in [0.3, 0.4) is 0 Å². The van der Waals surface area contributed by atoms with E-state index in [2.05, 4.69) is 20.9 Å². The van der Waals surface area contributed by atoms with E-state index in [4.69, 9.17) is 0 Å². The molecule has 29 heavy (non-hydrogen) atoms. The van der Waals surface area contributed by atoms with Crippen LogP contribution in [0, 0.1) is 12.8 Å². The number of fused-ring (bicyclic) bond motifs is 1. The molecule has 1 aliphatic heterocycles. The molecule has 0 radical (unpaired) electrons. The Kier molecular flexibility index (Phi) is 5.94. The first-order valence-corrected chi connectivity index (χ1v) is 11.0. The molecule has 2 amide bonds. The molecule has 1 saturated heterocycles. The number of hydrogen-bond acceptors (Lipinski definition) is 4. The summed E-state index contributed by atoms with van der Waals surface area (Å²) in [5, 5.41) is 4.98. The van der Waals surface area contributed by atoms with Crippen molar-refractivity contribution in [3.05, 3.63) is 52.5 Å². The Morgan fingerprint density at radius 1 is 1.24 bits per heavy atom. The van der Waals surface area contributed by atoms with Gasteiger partial charge in [-0.25, -0.2) is 4.98 Å². The van der Waals surface area contributed by atoms with E-state index in [1.165, 1.54) is 11.3 Å². The van der Waals surface area contributed by atoms with Gasteiger partial charge in [0.2, 0.25) is 5.91 Å². The van der Waals surface area contributed by atoms with Crippen LogP contribution in [0.4, 0.5) is 0 Å². The van der Waals surface area contributed by atoms with E-state index >= 15 is 0 Å². The van der Waals surface area contributed by atoms with Crippen molar-refractivity contribution in [1.82, 2.24) is 19.8 Å². The molecule has 6 nitrogen and oxygen atoms in total. The third kappa shape index (κ3) is 4.34. The summed E-state index contributed by atoms with van der Waals surface area (Å²) in [6.45, 7) is 4.70. The molecule has 0 saturated carbocycles. The Labute approximate surface area is 174 Å². The zero-order valence-corrected chi connectivity index (χ0v) is 17.5. The fraction of sp³-hybridized carbons (Fsp3) is 0.409. The van der Waals surface area contributed by atoms with Crippen molar-refractivity contribution in [3.63, 3.8) is 0 Å². The number of para-hydroxylation sites is 2. The minimum absolute atomic E-state index is 0.0416. The Balaban J connectivity index is 1.27. The van der Waals surface area contributed by atoms with E-state index in [9.17, 15) is 9.59 Å². The third-order valence-corrected chi connectivity index (χ3v) is 6.37. The van der Waals surface area contributed by atoms with Gasteiger partial charge in [0.1, 0.15) is 5.82 Å². The molecule has 7 heteroatoms. The molecule has 4 rings (SSSR count). The second kappa shape index (κ2) is 8.78. The predicted molar refractivity (Wildman–Crippen MR) is 115 cm³/mol. The van der Waals surface area contributed by atoms with Crippen LogP contribution < -0.4 is 5.32 Å². The molecule has 1 fully saturated rings. The highest BCUT2D eigenvalue weighted by Gasteiger charge is 2.29. The van der Waals surface area contributed by atoms with Gasteiger partial charge in [-0.15, -0.1) is 11.3 Å². The van der Waals surface area contributed by atoms with E-state index in [1.807, 2.05) is 47.5 Å². The number of carbonyl (C=O) groups is 2. The number of benzene rings is 1. The van der Waals surface area contributed by atoms with Crippen LogP contribution in [0.15, 0.2) is 41.8 Å². The number of carbonyl (C=O) groups excluding carboxylic acids is 2. The first-order valence-electron chi connectivity index (χ1n) is 10.2. The van der Waals surface area contributed by atoms with Crippen LogP contribution in [0.1, 0.15) is 34.8 Å². The summed E-state index contributed by atoms with van der Waals surface area (Å²) < 4.78 is 2.20. The molecule has 152 valence electrons. The highest BCUT2D eigenvalue weighted by Crippen LogP contribution is 2.21. The van der Waals surface area contributed by atoms with Crippen LogP contribution in [-0.2, 0) is 11.3 Å². The van der Waals surface area contributed by atoms with Gasteiger partial charge < -0.3 is 14.8 Å². The SMILES string of the molecule is Cc1nc2ccccc2n1CCCNC(=O)C1CCCN(C(=O)c2cccs2)C1. The maximum atomic E-state index is 12.6. The quantitative estimate of drug-likeness (QED) is 0.633. The molecule has 2 aromatic heterocycles. The molecular weight excluding hydrogens is 384 g/mol. The van der Waals surface area contributed by atoms with Crippen LogP contribution in [0.2, 0.25) is 0 Å². The van der Waals surface area contributed by atoms with Crippen LogP contribution in [0.25, 0.3) is 11.0 Å². The number of amides is 2. The number of rotatable bonds is 6. The van der Waals surface area contributed by atoms with Crippen molar-refractivity contribution in [1.29, 1.82) is 0 Å². The summed E-state index contributed by atoms with van der Waals surface area (Å²) in [6.07, 6.45) is 2.55. The molecule has 3 aromatic rings. The summed E-state index contributed by atoms with van der Waals surface area (Å²) in [5.74, 6) is 0.969. The van der Waals surface area contributed by atoms with Crippen LogP contribution in [-0.4, -0.2) is 45.9 Å². The summed E-state index contributed by atoms with van der Waals surface area (Å²) >= 11 is 1.45. The number of nitrogens with one attached hydrogen (secondary N) is 1. The van der Waals surface area contributed by atoms with E-state index in [-0.39, 0.29) is 17.7 Å². The fourth-order valence-corrected chi connectivity index (χ4v) is 4.69. The second-order valence-electron chi connectivity index (χ2n) is 7.51.